The van der Waals surface area contributed by atoms with E-state index in [4.69, 9.17) is 11.6 Å². The molecule has 2 rings (SSSR count). The average Bonchev–Trinajstić information content (AvgIpc) is 2.63. The molecule has 1 N–H and O–H groups in total. The second kappa shape index (κ2) is 4.13. The van der Waals surface area contributed by atoms with E-state index >= 15 is 0 Å². The van der Waals surface area contributed by atoms with Crippen LogP contribution in [0.3, 0.4) is 0 Å². The number of pyridine rings is 1. The van der Waals surface area contributed by atoms with Crippen LogP contribution < -0.4 is 0 Å². The number of halogens is 1. The molecule has 0 saturated heterocycles. The van der Waals surface area contributed by atoms with Crippen molar-refractivity contribution in [1.29, 1.82) is 0 Å². The maximum atomic E-state index is 9.84. The Bertz CT molecular complexity index is 523. The lowest BCUT2D eigenvalue weighted by atomic mass is 10.1. The first-order valence-electron chi connectivity index (χ1n) is 5.29. The molecule has 0 aliphatic heterocycles. The van der Waals surface area contributed by atoms with Gasteiger partial charge in [-0.2, -0.15) is 5.10 Å². The Morgan fingerprint density at radius 3 is 2.59 bits per heavy atom. The Morgan fingerprint density at radius 1 is 1.35 bits per heavy atom. The van der Waals surface area contributed by atoms with Gasteiger partial charge in [0, 0.05) is 6.20 Å². The van der Waals surface area contributed by atoms with Crippen LogP contribution in [0.15, 0.2) is 24.4 Å². The molecule has 2 aromatic heterocycles. The van der Waals surface area contributed by atoms with Crippen molar-refractivity contribution in [3.05, 3.63) is 40.8 Å². The Morgan fingerprint density at radius 2 is 2.06 bits per heavy atom. The molecular formula is C12H14ClN3O. The second-order valence-electron chi connectivity index (χ2n) is 4.53. The summed E-state index contributed by atoms with van der Waals surface area (Å²) in [6, 6.07) is 5.43. The van der Waals surface area contributed by atoms with Gasteiger partial charge in [0.2, 0.25) is 0 Å². The van der Waals surface area contributed by atoms with Crippen molar-refractivity contribution in [1.82, 2.24) is 14.8 Å². The molecule has 4 nitrogen and oxygen atoms in total. The SMILES string of the molecule is Cc1cc(Cl)nc(-n2ccc(C(C)(C)O)n2)c1. The first kappa shape index (κ1) is 12.1. The molecule has 0 radical (unpaired) electrons. The van der Waals surface area contributed by atoms with Crippen LogP contribution in [0.2, 0.25) is 5.15 Å². The molecule has 0 aliphatic rings. The van der Waals surface area contributed by atoms with Crippen LogP contribution in [0.4, 0.5) is 0 Å². The van der Waals surface area contributed by atoms with Gasteiger partial charge in [0.25, 0.3) is 0 Å². The minimum absolute atomic E-state index is 0.431. The summed E-state index contributed by atoms with van der Waals surface area (Å²) < 4.78 is 1.60. The summed E-state index contributed by atoms with van der Waals surface area (Å²) in [5, 5.41) is 14.5. The summed E-state index contributed by atoms with van der Waals surface area (Å²) in [7, 11) is 0. The lowest BCUT2D eigenvalue weighted by Crippen LogP contribution is -2.16. The highest BCUT2D eigenvalue weighted by Gasteiger charge is 2.19. The maximum Gasteiger partial charge on any atom is 0.155 e. The van der Waals surface area contributed by atoms with Crippen LogP contribution in [-0.4, -0.2) is 19.9 Å². The topological polar surface area (TPSA) is 50.9 Å². The highest BCUT2D eigenvalue weighted by Crippen LogP contribution is 2.19. The minimum Gasteiger partial charge on any atom is -0.384 e. The van der Waals surface area contributed by atoms with E-state index in [9.17, 15) is 5.11 Å². The zero-order valence-electron chi connectivity index (χ0n) is 9.98. The molecule has 0 atom stereocenters. The molecule has 0 amide bonds. The van der Waals surface area contributed by atoms with Crippen LogP contribution in [0, 0.1) is 6.92 Å². The number of nitrogens with zero attached hydrogens (tertiary/aromatic N) is 3. The molecule has 2 heterocycles. The summed E-state index contributed by atoms with van der Waals surface area (Å²) in [5.41, 5.74) is 0.649. The van der Waals surface area contributed by atoms with E-state index in [1.807, 2.05) is 13.0 Å². The third kappa shape index (κ3) is 2.65. The minimum atomic E-state index is -0.959. The van der Waals surface area contributed by atoms with E-state index in [2.05, 4.69) is 10.1 Å². The van der Waals surface area contributed by atoms with Crippen LogP contribution in [0.5, 0.6) is 0 Å². The van der Waals surface area contributed by atoms with Crippen molar-refractivity contribution >= 4 is 11.6 Å². The first-order chi connectivity index (χ1) is 7.86. The van der Waals surface area contributed by atoms with Gasteiger partial charge < -0.3 is 5.11 Å². The van der Waals surface area contributed by atoms with Gasteiger partial charge in [0.05, 0.1) is 5.69 Å². The molecule has 0 bridgehead atoms. The standard InChI is InChI=1S/C12H14ClN3O/c1-8-6-10(13)14-11(7-8)16-5-4-9(15-16)12(2,3)17/h4-7,17H,1-3H3. The van der Waals surface area contributed by atoms with Gasteiger partial charge in [-0.05, 0) is 44.5 Å². The Labute approximate surface area is 105 Å². The zero-order chi connectivity index (χ0) is 12.6. The van der Waals surface area contributed by atoms with Crippen molar-refractivity contribution in [3.8, 4) is 5.82 Å². The number of hydrogen-bond donors (Lipinski definition) is 1. The van der Waals surface area contributed by atoms with E-state index in [0.717, 1.165) is 5.56 Å². The van der Waals surface area contributed by atoms with Crippen molar-refractivity contribution in [2.75, 3.05) is 0 Å². The fraction of sp³-hybridized carbons (Fsp3) is 0.333. The van der Waals surface area contributed by atoms with E-state index in [-0.39, 0.29) is 0 Å². The predicted octanol–water partition coefficient (Wildman–Crippen LogP) is 2.46. The summed E-state index contributed by atoms with van der Waals surface area (Å²) in [6.07, 6.45) is 1.76. The molecule has 90 valence electrons. The number of rotatable bonds is 2. The number of hydrogen-bond acceptors (Lipinski definition) is 3. The van der Waals surface area contributed by atoms with E-state index in [1.54, 1.807) is 36.9 Å². The van der Waals surface area contributed by atoms with Gasteiger partial charge in [-0.15, -0.1) is 0 Å². The van der Waals surface area contributed by atoms with Crippen molar-refractivity contribution < 1.29 is 5.11 Å². The Balaban J connectivity index is 2.44. The largest absolute Gasteiger partial charge is 0.384 e. The third-order valence-electron chi connectivity index (χ3n) is 2.38. The van der Waals surface area contributed by atoms with Gasteiger partial charge in [-0.3, -0.25) is 0 Å². The summed E-state index contributed by atoms with van der Waals surface area (Å²) in [5.74, 6) is 0.644. The van der Waals surface area contributed by atoms with Crippen molar-refractivity contribution in [3.63, 3.8) is 0 Å². The van der Waals surface area contributed by atoms with Gasteiger partial charge in [0.15, 0.2) is 5.82 Å². The Kier molecular flexibility index (Phi) is 2.93. The molecule has 0 unspecified atom stereocenters. The van der Waals surface area contributed by atoms with Crippen molar-refractivity contribution in [2.24, 2.45) is 0 Å². The van der Waals surface area contributed by atoms with Gasteiger partial charge in [0.1, 0.15) is 10.8 Å². The summed E-state index contributed by atoms with van der Waals surface area (Å²) in [4.78, 5) is 4.18. The summed E-state index contributed by atoms with van der Waals surface area (Å²) in [6.45, 7) is 5.32. The van der Waals surface area contributed by atoms with Crippen LogP contribution in [0.1, 0.15) is 25.1 Å². The monoisotopic (exact) mass is 251 g/mol. The fourth-order valence-electron chi connectivity index (χ4n) is 1.50. The van der Waals surface area contributed by atoms with Crippen LogP contribution in [-0.2, 0) is 5.60 Å². The third-order valence-corrected chi connectivity index (χ3v) is 2.57. The lowest BCUT2D eigenvalue weighted by molar-refractivity contribution is 0.0734. The Hall–Kier alpha value is -1.39. The number of aliphatic hydroxyl groups is 1. The molecule has 5 heteroatoms. The van der Waals surface area contributed by atoms with Crippen LogP contribution >= 0.6 is 11.6 Å². The van der Waals surface area contributed by atoms with E-state index in [0.29, 0.717) is 16.7 Å². The molecule has 0 spiro atoms. The lowest BCUT2D eigenvalue weighted by Gasteiger charge is -2.13. The summed E-state index contributed by atoms with van der Waals surface area (Å²) >= 11 is 5.90. The highest BCUT2D eigenvalue weighted by molar-refractivity contribution is 6.29. The van der Waals surface area contributed by atoms with Crippen molar-refractivity contribution in [2.45, 2.75) is 26.4 Å². The zero-order valence-corrected chi connectivity index (χ0v) is 10.7. The quantitative estimate of drug-likeness (QED) is 0.835. The number of aryl methyl sites for hydroxylation is 1. The average molecular weight is 252 g/mol. The predicted molar refractivity (Wildman–Crippen MR) is 66.4 cm³/mol. The van der Waals surface area contributed by atoms with Gasteiger partial charge in [-0.1, -0.05) is 11.6 Å². The molecule has 0 aromatic carbocycles. The normalized spacial score (nSPS) is 11.8. The second-order valence-corrected chi connectivity index (χ2v) is 4.92. The van der Waals surface area contributed by atoms with Crippen LogP contribution in [0.25, 0.3) is 5.82 Å². The van der Waals surface area contributed by atoms with E-state index < -0.39 is 5.60 Å². The first-order valence-corrected chi connectivity index (χ1v) is 5.67. The maximum absolute atomic E-state index is 9.84. The van der Waals surface area contributed by atoms with Gasteiger partial charge in [-0.25, -0.2) is 9.67 Å². The molecule has 0 aliphatic carbocycles. The fourth-order valence-corrected chi connectivity index (χ4v) is 1.76. The highest BCUT2D eigenvalue weighted by atomic mass is 35.5. The molecule has 17 heavy (non-hydrogen) atoms. The molecular weight excluding hydrogens is 238 g/mol. The molecule has 2 aromatic rings. The smallest absolute Gasteiger partial charge is 0.155 e. The number of aromatic nitrogens is 3. The van der Waals surface area contributed by atoms with E-state index in [1.165, 1.54) is 0 Å². The molecule has 0 saturated carbocycles. The molecule has 0 fully saturated rings. The van der Waals surface area contributed by atoms with Gasteiger partial charge >= 0.3 is 0 Å².